The number of hydrogen-bond acceptors (Lipinski definition) is 10. The molecule has 0 spiro atoms. The number of carbonyl (C=O) groups is 3. The van der Waals surface area contributed by atoms with Crippen LogP contribution in [0.3, 0.4) is 0 Å². The van der Waals surface area contributed by atoms with E-state index in [1.807, 2.05) is 52.5 Å². The van der Waals surface area contributed by atoms with E-state index in [4.69, 9.17) is 14.5 Å². The van der Waals surface area contributed by atoms with Crippen molar-refractivity contribution in [3.05, 3.63) is 58.7 Å². The van der Waals surface area contributed by atoms with E-state index in [9.17, 15) is 29.0 Å². The third-order valence-corrected chi connectivity index (χ3v) is 9.55. The molecule has 13 heteroatoms. The van der Waals surface area contributed by atoms with E-state index in [1.54, 1.807) is 21.9 Å². The summed E-state index contributed by atoms with van der Waals surface area (Å²) < 4.78 is 24.9. The molecule has 0 bridgehead atoms. The van der Waals surface area contributed by atoms with E-state index < -0.39 is 29.8 Å². The number of anilines is 1. The summed E-state index contributed by atoms with van der Waals surface area (Å²) in [4.78, 5) is 52.6. The minimum Gasteiger partial charge on any atom is -0.444 e. The Morgan fingerprint density at radius 3 is 2.47 bits per heavy atom. The summed E-state index contributed by atoms with van der Waals surface area (Å²) in [5.41, 5.74) is 2.39. The summed E-state index contributed by atoms with van der Waals surface area (Å²) in [5.74, 6) is -0.802. The van der Waals surface area contributed by atoms with Gasteiger partial charge in [0, 0.05) is 50.2 Å². The number of carbonyl (C=O) groups excluding carboxylic acids is 3. The Bertz CT molecular complexity index is 1530. The van der Waals surface area contributed by atoms with E-state index in [2.05, 4.69) is 4.90 Å². The van der Waals surface area contributed by atoms with Crippen LogP contribution in [0, 0.1) is 5.82 Å². The zero-order chi connectivity index (χ0) is 35.7. The maximum atomic E-state index is 14.3. The van der Waals surface area contributed by atoms with Crippen LogP contribution in [-0.4, -0.2) is 130 Å². The van der Waals surface area contributed by atoms with E-state index in [0.717, 1.165) is 16.8 Å². The minimum atomic E-state index is -0.683. The number of aromatic nitrogens is 1. The first-order chi connectivity index (χ1) is 23.1. The van der Waals surface area contributed by atoms with Crippen molar-refractivity contribution in [2.45, 2.75) is 83.7 Å². The number of piperazine rings is 1. The smallest absolute Gasteiger partial charge is 0.410 e. The Kier molecular flexibility index (Phi) is 11.1. The van der Waals surface area contributed by atoms with Crippen molar-refractivity contribution in [2.24, 2.45) is 0 Å². The first-order valence-corrected chi connectivity index (χ1v) is 17.0. The molecule has 2 fully saturated rings. The molecule has 2 aromatic rings. The van der Waals surface area contributed by atoms with Crippen LogP contribution in [0.15, 0.2) is 30.3 Å². The van der Waals surface area contributed by atoms with Crippen molar-refractivity contribution >= 4 is 23.5 Å². The van der Waals surface area contributed by atoms with Crippen molar-refractivity contribution in [1.82, 2.24) is 19.7 Å². The van der Waals surface area contributed by atoms with E-state index in [0.29, 0.717) is 50.6 Å². The average Bonchev–Trinajstić information content (AvgIpc) is 3.31. The molecular formula is C36H50FN5O7. The van der Waals surface area contributed by atoms with Crippen molar-refractivity contribution in [3.63, 3.8) is 0 Å². The van der Waals surface area contributed by atoms with Gasteiger partial charge in [-0.1, -0.05) is 26.0 Å². The summed E-state index contributed by atoms with van der Waals surface area (Å²) in [5, 5.41) is 19.9. The molecular weight excluding hydrogens is 633 g/mol. The lowest BCUT2D eigenvalue weighted by Gasteiger charge is -2.47. The molecule has 3 aliphatic rings. The highest BCUT2D eigenvalue weighted by Gasteiger charge is 2.43. The molecule has 0 aliphatic carbocycles. The van der Waals surface area contributed by atoms with Crippen LogP contribution in [0.4, 0.5) is 14.9 Å². The van der Waals surface area contributed by atoms with Gasteiger partial charge in [-0.15, -0.1) is 0 Å². The number of aliphatic hydroxyl groups excluding tert-OH is 2. The number of hydrogen-bond donors (Lipinski definition) is 2. The van der Waals surface area contributed by atoms with Crippen LogP contribution in [0.5, 0.6) is 0 Å². The highest BCUT2D eigenvalue weighted by atomic mass is 19.1. The molecule has 49 heavy (non-hydrogen) atoms. The Hall–Kier alpha value is -3.49. The summed E-state index contributed by atoms with van der Waals surface area (Å²) in [6.07, 6.45) is -0.0195. The second kappa shape index (κ2) is 14.8. The molecule has 1 aromatic heterocycles. The average molecular weight is 684 g/mol. The molecule has 2 N–H and O–H groups in total. The largest absolute Gasteiger partial charge is 0.444 e. The lowest BCUT2D eigenvalue weighted by atomic mass is 9.90. The van der Waals surface area contributed by atoms with Crippen molar-refractivity contribution in [2.75, 3.05) is 64.0 Å². The number of ketones is 1. The molecule has 12 nitrogen and oxygen atoms in total. The fourth-order valence-electron chi connectivity index (χ4n) is 7.01. The van der Waals surface area contributed by atoms with Crippen LogP contribution < -0.4 is 4.90 Å². The van der Waals surface area contributed by atoms with Crippen molar-refractivity contribution < 1.29 is 38.5 Å². The number of ether oxygens (including phenoxy) is 2. The summed E-state index contributed by atoms with van der Waals surface area (Å²) >= 11 is 0. The molecule has 0 radical (unpaired) electrons. The SMILES string of the molecule is C[C@@H]1CN(CC(=O)N2CC(C)(C)c3nc(CO)c(Cc4ccc(F)cc4)cc32)[C@@H](CN2CCOC[C@H]2C(=O)CO)CN1C(=O)OC(C)(C)C. The monoisotopic (exact) mass is 683 g/mol. The third-order valence-electron chi connectivity index (χ3n) is 9.55. The Morgan fingerprint density at radius 2 is 1.82 bits per heavy atom. The van der Waals surface area contributed by atoms with Crippen LogP contribution >= 0.6 is 0 Å². The summed E-state index contributed by atoms with van der Waals surface area (Å²) in [6.45, 7) is 13.2. The number of aliphatic hydroxyl groups is 2. The molecule has 1 aromatic carbocycles. The number of rotatable bonds is 9. The van der Waals surface area contributed by atoms with Gasteiger partial charge >= 0.3 is 6.09 Å². The van der Waals surface area contributed by atoms with Gasteiger partial charge in [0.05, 0.1) is 49.5 Å². The lowest BCUT2D eigenvalue weighted by Crippen LogP contribution is -2.65. The van der Waals surface area contributed by atoms with Crippen LogP contribution in [0.2, 0.25) is 0 Å². The second-order valence-corrected chi connectivity index (χ2v) is 15.1. The molecule has 5 rings (SSSR count). The van der Waals surface area contributed by atoms with Crippen molar-refractivity contribution in [1.29, 1.82) is 0 Å². The van der Waals surface area contributed by atoms with Gasteiger partial charge in [-0.25, -0.2) is 9.18 Å². The van der Waals surface area contributed by atoms with Crippen molar-refractivity contribution in [3.8, 4) is 0 Å². The number of nitrogens with zero attached hydrogens (tertiary/aromatic N) is 5. The molecule has 3 atom stereocenters. The Morgan fingerprint density at radius 1 is 1.10 bits per heavy atom. The maximum absolute atomic E-state index is 14.3. The third kappa shape index (κ3) is 8.46. The molecule has 268 valence electrons. The second-order valence-electron chi connectivity index (χ2n) is 15.1. The topological polar surface area (TPSA) is 136 Å². The highest BCUT2D eigenvalue weighted by molar-refractivity contribution is 5.97. The van der Waals surface area contributed by atoms with Gasteiger partial charge in [0.25, 0.3) is 0 Å². The number of halogens is 1. The van der Waals surface area contributed by atoms with Gasteiger partial charge in [-0.3, -0.25) is 24.4 Å². The molecule has 2 saturated heterocycles. The molecule has 0 saturated carbocycles. The van der Waals surface area contributed by atoms with Gasteiger partial charge in [0.1, 0.15) is 18.0 Å². The number of Topliss-reactive ketones (excluding diaryl/α,β-unsaturated/α-hetero) is 1. The van der Waals surface area contributed by atoms with Gasteiger partial charge in [-0.05, 0) is 63.4 Å². The van der Waals surface area contributed by atoms with Crippen LogP contribution in [0.1, 0.15) is 64.1 Å². The van der Waals surface area contributed by atoms with Gasteiger partial charge in [-0.2, -0.15) is 0 Å². The number of pyridine rings is 1. The molecule has 3 aliphatic heterocycles. The lowest BCUT2D eigenvalue weighted by molar-refractivity contribution is -0.135. The predicted molar refractivity (Wildman–Crippen MR) is 181 cm³/mol. The summed E-state index contributed by atoms with van der Waals surface area (Å²) in [7, 11) is 0. The molecule has 4 heterocycles. The molecule has 2 amide bonds. The number of morpholine rings is 1. The number of amides is 2. The first kappa shape index (κ1) is 36.8. The van der Waals surface area contributed by atoms with E-state index in [-0.39, 0.29) is 55.9 Å². The van der Waals surface area contributed by atoms with E-state index >= 15 is 0 Å². The minimum absolute atomic E-state index is 0.0602. The maximum Gasteiger partial charge on any atom is 0.410 e. The van der Waals surface area contributed by atoms with E-state index in [1.165, 1.54) is 12.1 Å². The Labute approximate surface area is 287 Å². The standard InChI is InChI=1S/C36H50FN5O7/c1-23-15-40(27(17-41(23)34(47)49-35(2,3)4)16-39-11-12-48-21-30(39)31(45)20-44)18-32(46)42-22-36(5,6)33-29(42)14-25(28(19-43)38-33)13-24-7-9-26(37)10-8-24/h7-10,14,23,27,30,43-44H,11-13,15-22H2,1-6H3/t23-,27+,30+/m1/s1. The zero-order valence-electron chi connectivity index (χ0n) is 29.4. The zero-order valence-corrected chi connectivity index (χ0v) is 29.4. The Balaban J connectivity index is 1.42. The number of fused-ring (bicyclic) bond motifs is 1. The first-order valence-electron chi connectivity index (χ1n) is 17.0. The fraction of sp³-hybridized carbons (Fsp3) is 0.611. The van der Waals surface area contributed by atoms with Crippen LogP contribution in [0.25, 0.3) is 0 Å². The van der Waals surface area contributed by atoms with Gasteiger partial charge in [0.2, 0.25) is 5.91 Å². The highest BCUT2D eigenvalue weighted by Crippen LogP contribution is 2.41. The predicted octanol–water partition coefficient (Wildman–Crippen LogP) is 2.50. The fourth-order valence-corrected chi connectivity index (χ4v) is 7.01. The van der Waals surface area contributed by atoms with Crippen LogP contribution in [-0.2, 0) is 37.5 Å². The quantitative estimate of drug-likeness (QED) is 0.406. The van der Waals surface area contributed by atoms with Gasteiger partial charge < -0.3 is 29.5 Å². The number of benzene rings is 1. The van der Waals surface area contributed by atoms with Gasteiger partial charge in [0.15, 0.2) is 5.78 Å². The normalized spacial score (nSPS) is 23.0. The molecule has 0 unspecified atom stereocenters. The summed E-state index contributed by atoms with van der Waals surface area (Å²) in [6, 6.07) is 6.91.